The molecule has 114 valence electrons. The molecule has 4 nitrogen and oxygen atoms in total. The number of aliphatic hydroxyl groups is 2. The van der Waals surface area contributed by atoms with E-state index in [9.17, 15) is 5.11 Å². The van der Waals surface area contributed by atoms with Gasteiger partial charge >= 0.3 is 0 Å². The number of hydrogen-bond acceptors (Lipinski definition) is 4. The fourth-order valence-electron chi connectivity index (χ4n) is 2.58. The summed E-state index contributed by atoms with van der Waals surface area (Å²) in [5.74, 6) is 6.88. The summed E-state index contributed by atoms with van der Waals surface area (Å²) in [5, 5.41) is 18.9. The normalized spacial score (nSPS) is 21.9. The summed E-state index contributed by atoms with van der Waals surface area (Å²) in [4.78, 5) is 2.23. The minimum Gasteiger partial charge on any atom is -0.497 e. The van der Waals surface area contributed by atoms with Gasteiger partial charge in [-0.1, -0.05) is 11.8 Å². The van der Waals surface area contributed by atoms with Gasteiger partial charge in [0.2, 0.25) is 0 Å². The Morgan fingerprint density at radius 3 is 2.86 bits per heavy atom. The molecule has 1 unspecified atom stereocenters. The van der Waals surface area contributed by atoms with Crippen LogP contribution in [0.1, 0.15) is 30.9 Å². The topological polar surface area (TPSA) is 52.9 Å². The van der Waals surface area contributed by atoms with E-state index in [4.69, 9.17) is 9.84 Å². The lowest BCUT2D eigenvalue weighted by atomic mass is 10.1. The molecule has 0 bridgehead atoms. The summed E-state index contributed by atoms with van der Waals surface area (Å²) >= 11 is 0. The molecule has 21 heavy (non-hydrogen) atoms. The highest BCUT2D eigenvalue weighted by Crippen LogP contribution is 2.25. The van der Waals surface area contributed by atoms with E-state index in [0.29, 0.717) is 13.0 Å². The first-order chi connectivity index (χ1) is 10.0. The lowest BCUT2D eigenvalue weighted by Crippen LogP contribution is -2.29. The van der Waals surface area contributed by atoms with Crippen LogP contribution in [0.5, 0.6) is 5.75 Å². The standard InChI is InChI=1S/C17H23NO3/c1-17(20)8-9-18(13-17)12-15-11-16(21-2)7-6-14(15)5-3-4-10-19/h6-7,11,19-20H,4,8-10,12-13H2,1-2H3. The summed E-state index contributed by atoms with van der Waals surface area (Å²) in [7, 11) is 1.65. The number of rotatable bonds is 4. The highest BCUT2D eigenvalue weighted by Gasteiger charge is 2.31. The Morgan fingerprint density at radius 1 is 1.43 bits per heavy atom. The van der Waals surface area contributed by atoms with Gasteiger partial charge in [0.15, 0.2) is 0 Å². The number of hydrogen-bond donors (Lipinski definition) is 2. The summed E-state index contributed by atoms with van der Waals surface area (Å²) in [6, 6.07) is 5.84. The van der Waals surface area contributed by atoms with Gasteiger partial charge in [0.25, 0.3) is 0 Å². The number of nitrogens with zero attached hydrogens (tertiary/aromatic N) is 1. The zero-order chi connectivity index (χ0) is 15.3. The van der Waals surface area contributed by atoms with Gasteiger partial charge in [-0.15, -0.1) is 0 Å². The number of β-amino-alcohol motifs (C(OH)–C–C–N with tert-alkyl or cyclic N) is 1. The van der Waals surface area contributed by atoms with Crippen molar-refractivity contribution < 1.29 is 14.9 Å². The van der Waals surface area contributed by atoms with Gasteiger partial charge in [0.1, 0.15) is 5.75 Å². The molecular weight excluding hydrogens is 266 g/mol. The number of aliphatic hydroxyl groups excluding tert-OH is 1. The van der Waals surface area contributed by atoms with E-state index >= 15 is 0 Å². The Bertz CT molecular complexity index is 543. The van der Waals surface area contributed by atoms with Crippen molar-refractivity contribution >= 4 is 0 Å². The molecule has 4 heteroatoms. The lowest BCUT2D eigenvalue weighted by molar-refractivity contribution is 0.0679. The summed E-state index contributed by atoms with van der Waals surface area (Å²) < 4.78 is 5.28. The molecule has 1 aromatic carbocycles. The monoisotopic (exact) mass is 289 g/mol. The van der Waals surface area contributed by atoms with Crippen LogP contribution in [-0.2, 0) is 6.54 Å². The lowest BCUT2D eigenvalue weighted by Gasteiger charge is -2.19. The number of likely N-dealkylation sites (tertiary alicyclic amines) is 1. The van der Waals surface area contributed by atoms with Crippen LogP contribution in [0.15, 0.2) is 18.2 Å². The van der Waals surface area contributed by atoms with Crippen molar-refractivity contribution in [2.75, 3.05) is 26.8 Å². The second kappa shape index (κ2) is 6.95. The summed E-state index contributed by atoms with van der Waals surface area (Å²) in [6.45, 7) is 4.26. The van der Waals surface area contributed by atoms with Crippen LogP contribution in [-0.4, -0.2) is 47.5 Å². The molecule has 1 aromatic rings. The first kappa shape index (κ1) is 15.8. The molecule has 1 atom stereocenters. The predicted octanol–water partition coefficient (Wildman–Crippen LogP) is 1.39. The third-order valence-electron chi connectivity index (χ3n) is 3.70. The van der Waals surface area contributed by atoms with Crippen molar-refractivity contribution in [3.8, 4) is 17.6 Å². The van der Waals surface area contributed by atoms with Crippen molar-refractivity contribution in [3.63, 3.8) is 0 Å². The molecule has 1 fully saturated rings. The highest BCUT2D eigenvalue weighted by atomic mass is 16.5. The zero-order valence-corrected chi connectivity index (χ0v) is 12.7. The van der Waals surface area contributed by atoms with E-state index in [0.717, 1.165) is 36.4 Å². The van der Waals surface area contributed by atoms with E-state index in [1.165, 1.54) is 0 Å². The fraction of sp³-hybridized carbons (Fsp3) is 0.529. The van der Waals surface area contributed by atoms with Crippen LogP contribution >= 0.6 is 0 Å². The Morgan fingerprint density at radius 2 is 2.24 bits per heavy atom. The van der Waals surface area contributed by atoms with Gasteiger partial charge in [0, 0.05) is 31.6 Å². The maximum Gasteiger partial charge on any atom is 0.119 e. The smallest absolute Gasteiger partial charge is 0.119 e. The van der Waals surface area contributed by atoms with Crippen LogP contribution in [0.4, 0.5) is 0 Å². The van der Waals surface area contributed by atoms with E-state index < -0.39 is 5.60 Å². The number of ether oxygens (including phenoxy) is 1. The maximum absolute atomic E-state index is 10.1. The molecule has 0 aliphatic carbocycles. The van der Waals surface area contributed by atoms with Gasteiger partial charge < -0.3 is 14.9 Å². The molecule has 1 saturated heterocycles. The van der Waals surface area contributed by atoms with E-state index in [1.54, 1.807) is 7.11 Å². The van der Waals surface area contributed by atoms with Gasteiger partial charge in [-0.2, -0.15) is 0 Å². The zero-order valence-electron chi connectivity index (χ0n) is 12.7. The molecule has 0 amide bonds. The van der Waals surface area contributed by atoms with Crippen molar-refractivity contribution in [2.24, 2.45) is 0 Å². The van der Waals surface area contributed by atoms with Crippen LogP contribution < -0.4 is 4.74 Å². The molecule has 2 rings (SSSR count). The van der Waals surface area contributed by atoms with Gasteiger partial charge in [-0.25, -0.2) is 0 Å². The predicted molar refractivity (Wildman–Crippen MR) is 82.1 cm³/mol. The average Bonchev–Trinajstić information content (AvgIpc) is 2.79. The quantitative estimate of drug-likeness (QED) is 0.822. The van der Waals surface area contributed by atoms with E-state index in [2.05, 4.69) is 16.7 Å². The third kappa shape index (κ3) is 4.47. The van der Waals surface area contributed by atoms with Crippen LogP contribution in [0.3, 0.4) is 0 Å². The average molecular weight is 289 g/mol. The first-order valence-corrected chi connectivity index (χ1v) is 7.25. The second-order valence-electron chi connectivity index (χ2n) is 5.76. The van der Waals surface area contributed by atoms with Crippen LogP contribution in [0.25, 0.3) is 0 Å². The Balaban J connectivity index is 2.17. The largest absolute Gasteiger partial charge is 0.497 e. The number of methoxy groups -OCH3 is 1. The van der Waals surface area contributed by atoms with E-state index in [-0.39, 0.29) is 6.61 Å². The summed E-state index contributed by atoms with van der Waals surface area (Å²) in [5.41, 5.74) is 1.45. The first-order valence-electron chi connectivity index (χ1n) is 7.25. The van der Waals surface area contributed by atoms with E-state index in [1.807, 2.05) is 25.1 Å². The van der Waals surface area contributed by atoms with Crippen molar-refractivity contribution in [1.82, 2.24) is 4.90 Å². The maximum atomic E-state index is 10.1. The van der Waals surface area contributed by atoms with Gasteiger partial charge in [-0.05, 0) is 37.1 Å². The molecule has 2 N–H and O–H groups in total. The minimum absolute atomic E-state index is 0.0769. The van der Waals surface area contributed by atoms with Crippen molar-refractivity contribution in [1.29, 1.82) is 0 Å². The SMILES string of the molecule is COc1ccc(C#CCCO)c(CN2CCC(C)(O)C2)c1. The Labute approximate surface area is 126 Å². The van der Waals surface area contributed by atoms with Gasteiger partial charge in [0.05, 0.1) is 19.3 Å². The van der Waals surface area contributed by atoms with Crippen molar-refractivity contribution in [2.45, 2.75) is 31.9 Å². The third-order valence-corrected chi connectivity index (χ3v) is 3.70. The van der Waals surface area contributed by atoms with Crippen LogP contribution in [0, 0.1) is 11.8 Å². The highest BCUT2D eigenvalue weighted by molar-refractivity contribution is 5.45. The van der Waals surface area contributed by atoms with Crippen LogP contribution in [0.2, 0.25) is 0 Å². The Kier molecular flexibility index (Phi) is 5.24. The van der Waals surface area contributed by atoms with Crippen molar-refractivity contribution in [3.05, 3.63) is 29.3 Å². The molecule has 0 spiro atoms. The summed E-state index contributed by atoms with van der Waals surface area (Å²) in [6.07, 6.45) is 1.27. The number of benzene rings is 1. The molecule has 1 heterocycles. The molecule has 1 aliphatic heterocycles. The molecule has 1 aliphatic rings. The molecular formula is C17H23NO3. The molecule has 0 saturated carbocycles. The molecule has 0 aromatic heterocycles. The minimum atomic E-state index is -0.596. The van der Waals surface area contributed by atoms with Gasteiger partial charge in [-0.3, -0.25) is 4.90 Å². The molecule has 0 radical (unpaired) electrons. The second-order valence-corrected chi connectivity index (χ2v) is 5.76. The Hall–Kier alpha value is -1.54. The fourth-order valence-corrected chi connectivity index (χ4v) is 2.58.